The van der Waals surface area contributed by atoms with Crippen molar-refractivity contribution in [2.75, 3.05) is 0 Å². The second kappa shape index (κ2) is 7.01. The van der Waals surface area contributed by atoms with Crippen molar-refractivity contribution in [1.82, 2.24) is 0 Å². The zero-order valence-corrected chi connectivity index (χ0v) is 13.3. The van der Waals surface area contributed by atoms with Crippen LogP contribution in [-0.2, 0) is 0 Å². The Hall–Kier alpha value is -3.40. The lowest BCUT2D eigenvalue weighted by Crippen LogP contribution is -2.08. The quantitative estimate of drug-likeness (QED) is 0.542. The van der Waals surface area contributed by atoms with Gasteiger partial charge in [-0.25, -0.2) is 0 Å². The van der Waals surface area contributed by atoms with E-state index in [4.69, 9.17) is 0 Å². The Morgan fingerprint density at radius 3 is 2.00 bits per heavy atom. The van der Waals surface area contributed by atoms with Crippen LogP contribution in [0.2, 0.25) is 0 Å². The molecule has 0 radical (unpaired) electrons. The normalized spacial score (nSPS) is 10.4. The van der Waals surface area contributed by atoms with E-state index in [9.17, 15) is 19.8 Å². The van der Waals surface area contributed by atoms with Crippen LogP contribution in [0, 0.1) is 0 Å². The number of carbonyl (C=O) groups excluding carboxylic acids is 2. The van der Waals surface area contributed by atoms with Crippen LogP contribution in [0.5, 0.6) is 11.5 Å². The molecule has 0 fully saturated rings. The van der Waals surface area contributed by atoms with Gasteiger partial charge in [-0.05, 0) is 23.3 Å². The maximum absolute atomic E-state index is 12.3. The molecule has 0 bridgehead atoms. The summed E-state index contributed by atoms with van der Waals surface area (Å²) < 4.78 is 0. The molecular weight excluding hydrogens is 316 g/mol. The fourth-order valence-corrected chi connectivity index (χ4v) is 2.58. The number of Topliss-reactive ketones (excluding diaryl/α,β-unsaturated/α-hetero) is 2. The fourth-order valence-electron chi connectivity index (χ4n) is 2.58. The van der Waals surface area contributed by atoms with E-state index in [0.29, 0.717) is 5.56 Å². The van der Waals surface area contributed by atoms with Gasteiger partial charge in [-0.15, -0.1) is 0 Å². The third-order valence-corrected chi connectivity index (χ3v) is 3.92. The Morgan fingerprint density at radius 2 is 1.36 bits per heavy atom. The van der Waals surface area contributed by atoms with Crippen molar-refractivity contribution in [3.63, 3.8) is 0 Å². The molecule has 0 unspecified atom stereocenters. The molecule has 0 atom stereocenters. The van der Waals surface area contributed by atoms with Gasteiger partial charge in [0.25, 0.3) is 0 Å². The lowest BCUT2D eigenvalue weighted by Gasteiger charge is -2.06. The molecule has 4 heteroatoms. The van der Waals surface area contributed by atoms with Crippen LogP contribution in [0.15, 0.2) is 72.8 Å². The minimum atomic E-state index is -0.491. The highest BCUT2D eigenvalue weighted by Gasteiger charge is 2.17. The van der Waals surface area contributed by atoms with E-state index in [1.165, 1.54) is 12.1 Å². The average molecular weight is 332 g/mol. The van der Waals surface area contributed by atoms with Crippen LogP contribution in [0.1, 0.15) is 27.1 Å². The van der Waals surface area contributed by atoms with Crippen molar-refractivity contribution in [1.29, 1.82) is 0 Å². The number of carbonyl (C=O) groups is 2. The lowest BCUT2D eigenvalue weighted by atomic mass is 9.98. The SMILES string of the molecule is O=C(CC(=O)c1ccc(O)cc1O)c1ccc(-c2ccccc2)cc1. The first-order valence-corrected chi connectivity index (χ1v) is 7.78. The maximum Gasteiger partial charge on any atom is 0.174 e. The van der Waals surface area contributed by atoms with Gasteiger partial charge >= 0.3 is 0 Å². The van der Waals surface area contributed by atoms with Gasteiger partial charge in [0.05, 0.1) is 12.0 Å². The molecule has 0 aromatic heterocycles. The minimum absolute atomic E-state index is 0.0204. The van der Waals surface area contributed by atoms with Crippen LogP contribution >= 0.6 is 0 Å². The Labute approximate surface area is 145 Å². The van der Waals surface area contributed by atoms with Crippen LogP contribution in [-0.4, -0.2) is 21.8 Å². The Bertz CT molecular complexity index is 912. The Balaban J connectivity index is 1.74. The van der Waals surface area contributed by atoms with E-state index >= 15 is 0 Å². The first kappa shape index (κ1) is 16.5. The fraction of sp³-hybridized carbons (Fsp3) is 0.0476. The van der Waals surface area contributed by atoms with Gasteiger partial charge in [-0.2, -0.15) is 0 Å². The molecule has 0 aliphatic rings. The summed E-state index contributed by atoms with van der Waals surface area (Å²) in [6, 6.07) is 20.5. The second-order valence-electron chi connectivity index (χ2n) is 5.67. The standard InChI is InChI=1S/C21H16O4/c22-17-10-11-18(20(24)12-17)21(25)13-19(23)16-8-6-15(7-9-16)14-4-2-1-3-5-14/h1-12,22,24H,13H2. The molecule has 0 saturated heterocycles. The third-order valence-electron chi connectivity index (χ3n) is 3.92. The van der Waals surface area contributed by atoms with E-state index in [1.807, 2.05) is 42.5 Å². The molecule has 3 rings (SSSR count). The highest BCUT2D eigenvalue weighted by molar-refractivity contribution is 6.14. The second-order valence-corrected chi connectivity index (χ2v) is 5.67. The number of hydrogen-bond donors (Lipinski definition) is 2. The summed E-state index contributed by atoms with van der Waals surface area (Å²) in [6.45, 7) is 0. The number of phenols is 2. The highest BCUT2D eigenvalue weighted by Crippen LogP contribution is 2.25. The average Bonchev–Trinajstić information content (AvgIpc) is 2.62. The molecule has 124 valence electrons. The number of benzene rings is 3. The summed E-state index contributed by atoms with van der Waals surface area (Å²) in [7, 11) is 0. The first-order valence-electron chi connectivity index (χ1n) is 7.78. The number of aromatic hydroxyl groups is 2. The van der Waals surface area contributed by atoms with Crippen LogP contribution in [0.4, 0.5) is 0 Å². The summed E-state index contributed by atoms with van der Waals surface area (Å²) in [4.78, 5) is 24.5. The van der Waals surface area contributed by atoms with Crippen molar-refractivity contribution < 1.29 is 19.8 Å². The molecule has 3 aromatic carbocycles. The molecular formula is C21H16O4. The predicted molar refractivity (Wildman–Crippen MR) is 94.9 cm³/mol. The summed E-state index contributed by atoms with van der Waals surface area (Å²) in [6.07, 6.45) is -0.344. The molecule has 0 heterocycles. The van der Waals surface area contributed by atoms with Gasteiger partial charge in [0.15, 0.2) is 11.6 Å². The van der Waals surface area contributed by atoms with E-state index in [1.54, 1.807) is 12.1 Å². The molecule has 0 amide bonds. The molecule has 0 aliphatic carbocycles. The van der Waals surface area contributed by atoms with Crippen LogP contribution in [0.3, 0.4) is 0 Å². The number of hydrogen-bond acceptors (Lipinski definition) is 4. The van der Waals surface area contributed by atoms with E-state index in [2.05, 4.69) is 0 Å². The van der Waals surface area contributed by atoms with E-state index in [-0.39, 0.29) is 29.3 Å². The smallest absolute Gasteiger partial charge is 0.174 e. The summed E-state index contributed by atoms with van der Waals surface area (Å²) in [5, 5.41) is 19.0. The predicted octanol–water partition coefficient (Wildman–Crippen LogP) is 4.22. The van der Waals surface area contributed by atoms with Gasteiger partial charge in [0.1, 0.15) is 11.5 Å². The van der Waals surface area contributed by atoms with E-state index in [0.717, 1.165) is 17.2 Å². The van der Waals surface area contributed by atoms with Crippen molar-refractivity contribution in [2.45, 2.75) is 6.42 Å². The van der Waals surface area contributed by atoms with Gasteiger partial charge in [-0.3, -0.25) is 9.59 Å². The lowest BCUT2D eigenvalue weighted by molar-refractivity contribution is 0.0893. The molecule has 0 aliphatic heterocycles. The Morgan fingerprint density at radius 1 is 0.720 bits per heavy atom. The zero-order valence-electron chi connectivity index (χ0n) is 13.3. The number of phenolic OH excluding ortho intramolecular Hbond substituents is 2. The largest absolute Gasteiger partial charge is 0.508 e. The molecule has 25 heavy (non-hydrogen) atoms. The number of ketones is 2. The van der Waals surface area contributed by atoms with Crippen molar-refractivity contribution in [2.24, 2.45) is 0 Å². The summed E-state index contributed by atoms with van der Waals surface area (Å²) in [5.41, 5.74) is 2.49. The summed E-state index contributed by atoms with van der Waals surface area (Å²) in [5.74, 6) is -1.29. The minimum Gasteiger partial charge on any atom is -0.508 e. The van der Waals surface area contributed by atoms with Crippen molar-refractivity contribution in [3.8, 4) is 22.6 Å². The molecule has 4 nitrogen and oxygen atoms in total. The number of rotatable bonds is 5. The van der Waals surface area contributed by atoms with Crippen LogP contribution in [0.25, 0.3) is 11.1 Å². The van der Waals surface area contributed by atoms with Gasteiger partial charge in [0, 0.05) is 11.6 Å². The molecule has 2 N–H and O–H groups in total. The summed E-state index contributed by atoms with van der Waals surface area (Å²) >= 11 is 0. The Kier molecular flexibility index (Phi) is 4.61. The van der Waals surface area contributed by atoms with Gasteiger partial charge in [-0.1, -0.05) is 54.6 Å². The van der Waals surface area contributed by atoms with Gasteiger partial charge in [0.2, 0.25) is 0 Å². The van der Waals surface area contributed by atoms with Crippen molar-refractivity contribution in [3.05, 3.63) is 83.9 Å². The molecule has 0 saturated carbocycles. The third kappa shape index (κ3) is 3.75. The van der Waals surface area contributed by atoms with E-state index < -0.39 is 5.78 Å². The molecule has 3 aromatic rings. The maximum atomic E-state index is 12.3. The van der Waals surface area contributed by atoms with Crippen molar-refractivity contribution >= 4 is 11.6 Å². The molecule has 0 spiro atoms. The monoisotopic (exact) mass is 332 g/mol. The topological polar surface area (TPSA) is 74.6 Å². The van der Waals surface area contributed by atoms with Gasteiger partial charge < -0.3 is 10.2 Å². The van der Waals surface area contributed by atoms with Crippen LogP contribution < -0.4 is 0 Å². The first-order chi connectivity index (χ1) is 12.0. The zero-order chi connectivity index (χ0) is 17.8. The highest BCUT2D eigenvalue weighted by atomic mass is 16.3.